The molecule has 162 valence electrons. The van der Waals surface area contributed by atoms with E-state index in [2.05, 4.69) is 36.5 Å². The van der Waals surface area contributed by atoms with E-state index in [-0.39, 0.29) is 0 Å². The van der Waals surface area contributed by atoms with Gasteiger partial charge >= 0.3 is 6.01 Å². The summed E-state index contributed by atoms with van der Waals surface area (Å²) in [5.74, 6) is 1.57. The van der Waals surface area contributed by atoms with Gasteiger partial charge in [0.1, 0.15) is 23.5 Å². The van der Waals surface area contributed by atoms with Crippen LogP contribution in [0.5, 0.6) is 11.8 Å². The van der Waals surface area contributed by atoms with Crippen LogP contribution in [-0.2, 0) is 7.05 Å². The topological polar surface area (TPSA) is 118 Å². The molecule has 9 nitrogen and oxygen atoms in total. The molecule has 4 heterocycles. The van der Waals surface area contributed by atoms with Gasteiger partial charge in [-0.15, -0.1) is 0 Å². The van der Waals surface area contributed by atoms with E-state index in [1.54, 1.807) is 24.7 Å². The molecule has 1 aromatic carbocycles. The lowest BCUT2D eigenvalue weighted by Gasteiger charge is -2.10. The minimum atomic E-state index is 0.297. The van der Waals surface area contributed by atoms with E-state index in [1.165, 1.54) is 6.33 Å². The molecule has 9 heteroatoms. The number of fused-ring (bicyclic) bond motifs is 1. The maximum Gasteiger partial charge on any atom is 0.322 e. The van der Waals surface area contributed by atoms with Gasteiger partial charge in [-0.05, 0) is 36.8 Å². The van der Waals surface area contributed by atoms with Crippen molar-refractivity contribution in [3.8, 4) is 34.1 Å². The maximum atomic E-state index is 6.30. The molecule has 0 aliphatic carbocycles. The van der Waals surface area contributed by atoms with Crippen LogP contribution in [0.15, 0.2) is 61.8 Å². The SMILES string of the molecule is C=Cc1ncc(-c2c(-c3ccc(Oc4nccc(C)n4)cc3)c3c(N)ncnc3n2C)cn1. The van der Waals surface area contributed by atoms with Crippen molar-refractivity contribution < 1.29 is 4.74 Å². The van der Waals surface area contributed by atoms with Crippen molar-refractivity contribution in [3.05, 3.63) is 73.3 Å². The molecule has 0 bridgehead atoms. The highest BCUT2D eigenvalue weighted by Gasteiger charge is 2.22. The van der Waals surface area contributed by atoms with Crippen LogP contribution in [0, 0.1) is 6.92 Å². The summed E-state index contributed by atoms with van der Waals surface area (Å²) in [5, 5.41) is 0.762. The Morgan fingerprint density at radius 2 is 1.73 bits per heavy atom. The summed E-state index contributed by atoms with van der Waals surface area (Å²) in [4.78, 5) is 25.8. The molecule has 0 aliphatic rings. The Labute approximate surface area is 189 Å². The van der Waals surface area contributed by atoms with Crippen molar-refractivity contribution in [1.82, 2.24) is 34.5 Å². The third kappa shape index (κ3) is 3.65. The zero-order valence-corrected chi connectivity index (χ0v) is 18.1. The summed E-state index contributed by atoms with van der Waals surface area (Å²) >= 11 is 0. The molecule has 0 radical (unpaired) electrons. The van der Waals surface area contributed by atoms with Crippen LogP contribution in [0.3, 0.4) is 0 Å². The summed E-state index contributed by atoms with van der Waals surface area (Å²) < 4.78 is 7.77. The van der Waals surface area contributed by atoms with Gasteiger partial charge in [-0.2, -0.15) is 0 Å². The highest BCUT2D eigenvalue weighted by atomic mass is 16.5. The second kappa shape index (κ2) is 8.12. The quantitative estimate of drug-likeness (QED) is 0.435. The Balaban J connectivity index is 1.64. The van der Waals surface area contributed by atoms with E-state index >= 15 is 0 Å². The zero-order chi connectivity index (χ0) is 22.9. The van der Waals surface area contributed by atoms with Crippen LogP contribution in [0.1, 0.15) is 11.5 Å². The van der Waals surface area contributed by atoms with Crippen LogP contribution >= 0.6 is 0 Å². The number of anilines is 1. The first-order valence-corrected chi connectivity index (χ1v) is 10.2. The lowest BCUT2D eigenvalue weighted by atomic mass is 10.00. The second-order valence-corrected chi connectivity index (χ2v) is 7.38. The molecule has 2 N–H and O–H groups in total. The molecular weight excluding hydrogens is 416 g/mol. The standard InChI is InChI=1S/C24H20N8O/c1-4-18-27-11-16(12-28-18)21-19(20-22(25)29-13-30-23(20)32(21)3)15-5-7-17(8-6-15)33-24-26-10-9-14(2)31-24/h4-13H,1H2,2-3H3,(H2,25,29,30). The molecule has 0 atom stereocenters. The van der Waals surface area contributed by atoms with E-state index in [1.807, 2.05) is 48.9 Å². The predicted octanol–water partition coefficient (Wildman–Crippen LogP) is 4.21. The van der Waals surface area contributed by atoms with Crippen LogP contribution in [0.25, 0.3) is 39.5 Å². The summed E-state index contributed by atoms with van der Waals surface area (Å²) in [6.07, 6.45) is 8.25. The van der Waals surface area contributed by atoms with Crippen molar-refractivity contribution in [2.45, 2.75) is 6.92 Å². The monoisotopic (exact) mass is 436 g/mol. The molecule has 0 amide bonds. The first kappa shape index (κ1) is 20.3. The van der Waals surface area contributed by atoms with Gasteiger partial charge in [0.15, 0.2) is 5.82 Å². The normalized spacial score (nSPS) is 11.0. The Bertz CT molecular complexity index is 1470. The summed E-state index contributed by atoms with van der Waals surface area (Å²) in [6, 6.07) is 9.74. The van der Waals surface area contributed by atoms with Gasteiger partial charge < -0.3 is 15.0 Å². The Morgan fingerprint density at radius 3 is 2.42 bits per heavy atom. The van der Waals surface area contributed by atoms with Crippen molar-refractivity contribution in [2.75, 3.05) is 5.73 Å². The van der Waals surface area contributed by atoms with Crippen LogP contribution < -0.4 is 10.5 Å². The predicted molar refractivity (Wildman–Crippen MR) is 126 cm³/mol. The first-order valence-electron chi connectivity index (χ1n) is 10.2. The third-order valence-electron chi connectivity index (χ3n) is 5.25. The second-order valence-electron chi connectivity index (χ2n) is 7.38. The van der Waals surface area contributed by atoms with E-state index in [0.717, 1.165) is 33.5 Å². The van der Waals surface area contributed by atoms with Crippen molar-refractivity contribution in [1.29, 1.82) is 0 Å². The zero-order valence-electron chi connectivity index (χ0n) is 18.1. The lowest BCUT2D eigenvalue weighted by molar-refractivity contribution is 0.440. The fraction of sp³-hybridized carbons (Fsp3) is 0.0833. The number of rotatable bonds is 5. The van der Waals surface area contributed by atoms with Gasteiger partial charge in [0.05, 0.1) is 11.1 Å². The average molecular weight is 436 g/mol. The number of benzene rings is 1. The molecule has 0 unspecified atom stereocenters. The summed E-state index contributed by atoms with van der Waals surface area (Å²) in [7, 11) is 1.93. The Kier molecular flexibility index (Phi) is 4.98. The smallest absolute Gasteiger partial charge is 0.322 e. The number of ether oxygens (including phenoxy) is 1. The highest BCUT2D eigenvalue weighted by Crippen LogP contribution is 2.41. The molecule has 4 aromatic heterocycles. The minimum absolute atomic E-state index is 0.297. The first-order chi connectivity index (χ1) is 16.0. The number of aromatic nitrogens is 7. The number of nitrogens with two attached hydrogens (primary N) is 1. The van der Waals surface area contributed by atoms with Crippen molar-refractivity contribution >= 4 is 22.9 Å². The summed E-state index contributed by atoms with van der Waals surface area (Å²) in [5.41, 5.74) is 11.4. The fourth-order valence-corrected chi connectivity index (χ4v) is 3.73. The van der Waals surface area contributed by atoms with Crippen LogP contribution in [0.4, 0.5) is 5.82 Å². The van der Waals surface area contributed by atoms with E-state index < -0.39 is 0 Å². The third-order valence-corrected chi connectivity index (χ3v) is 5.25. The van der Waals surface area contributed by atoms with Crippen LogP contribution in [-0.4, -0.2) is 34.5 Å². The molecule has 5 rings (SSSR count). The molecule has 0 aliphatic heterocycles. The van der Waals surface area contributed by atoms with Gasteiger partial charge in [0.2, 0.25) is 0 Å². The number of aryl methyl sites for hydroxylation is 2. The van der Waals surface area contributed by atoms with E-state index in [9.17, 15) is 0 Å². The van der Waals surface area contributed by atoms with Gasteiger partial charge in [0, 0.05) is 42.5 Å². The van der Waals surface area contributed by atoms with Crippen LogP contribution in [0.2, 0.25) is 0 Å². The fourth-order valence-electron chi connectivity index (χ4n) is 3.73. The van der Waals surface area contributed by atoms with E-state index in [4.69, 9.17) is 10.5 Å². The molecule has 0 spiro atoms. The molecule has 0 fully saturated rings. The largest absolute Gasteiger partial charge is 0.424 e. The van der Waals surface area contributed by atoms with Gasteiger partial charge in [-0.1, -0.05) is 18.7 Å². The highest BCUT2D eigenvalue weighted by molar-refractivity contribution is 6.07. The number of nitrogens with zero attached hydrogens (tertiary/aromatic N) is 7. The van der Waals surface area contributed by atoms with Gasteiger partial charge in [-0.25, -0.2) is 29.9 Å². The summed E-state index contributed by atoms with van der Waals surface area (Å²) in [6.45, 7) is 5.61. The van der Waals surface area contributed by atoms with Gasteiger partial charge in [0.25, 0.3) is 0 Å². The minimum Gasteiger partial charge on any atom is -0.424 e. The van der Waals surface area contributed by atoms with Crippen molar-refractivity contribution in [2.24, 2.45) is 7.05 Å². The molecule has 0 saturated carbocycles. The lowest BCUT2D eigenvalue weighted by Crippen LogP contribution is -1.97. The number of hydrogen-bond acceptors (Lipinski definition) is 8. The van der Waals surface area contributed by atoms with E-state index in [0.29, 0.717) is 29.0 Å². The van der Waals surface area contributed by atoms with Crippen molar-refractivity contribution in [3.63, 3.8) is 0 Å². The molecule has 0 saturated heterocycles. The maximum absolute atomic E-state index is 6.30. The number of hydrogen-bond donors (Lipinski definition) is 1. The Hall–Kier alpha value is -4.66. The molecule has 33 heavy (non-hydrogen) atoms. The van der Waals surface area contributed by atoms with Gasteiger partial charge in [-0.3, -0.25) is 0 Å². The number of nitrogen functional groups attached to an aromatic ring is 1. The average Bonchev–Trinajstić information content (AvgIpc) is 3.13. The molecule has 5 aromatic rings. The molecular formula is C24H20N8O. The Morgan fingerprint density at radius 1 is 0.970 bits per heavy atom.